The summed E-state index contributed by atoms with van der Waals surface area (Å²) in [4.78, 5) is 7.29. The molecule has 2 fully saturated rings. The first-order valence-corrected chi connectivity index (χ1v) is 8.87. The van der Waals surface area contributed by atoms with Gasteiger partial charge in [-0.3, -0.25) is 4.99 Å². The molecule has 23 heavy (non-hydrogen) atoms. The Morgan fingerprint density at radius 3 is 2.87 bits per heavy atom. The summed E-state index contributed by atoms with van der Waals surface area (Å²) in [6, 6.07) is 3.99. The van der Waals surface area contributed by atoms with Crippen molar-refractivity contribution in [2.75, 3.05) is 26.2 Å². The Kier molecular flexibility index (Phi) is 7.24. The zero-order valence-corrected chi connectivity index (χ0v) is 16.6. The number of nitrogens with zero attached hydrogens (tertiary/aromatic N) is 2. The largest absolute Gasteiger partial charge is 0.469 e. The van der Waals surface area contributed by atoms with Gasteiger partial charge >= 0.3 is 0 Å². The maximum atomic E-state index is 5.40. The fourth-order valence-corrected chi connectivity index (χ4v) is 3.89. The number of furan rings is 1. The topological polar surface area (TPSA) is 40.8 Å². The molecule has 1 aromatic heterocycles. The van der Waals surface area contributed by atoms with Crippen LogP contribution in [-0.2, 0) is 6.42 Å². The molecule has 2 heterocycles. The van der Waals surface area contributed by atoms with E-state index in [9.17, 15) is 0 Å². The van der Waals surface area contributed by atoms with Gasteiger partial charge in [0.05, 0.1) is 6.26 Å². The zero-order valence-electron chi connectivity index (χ0n) is 14.2. The van der Waals surface area contributed by atoms with Crippen molar-refractivity contribution in [1.29, 1.82) is 0 Å². The van der Waals surface area contributed by atoms with Crippen LogP contribution in [0.15, 0.2) is 27.8 Å². The molecule has 5 heteroatoms. The fourth-order valence-electron chi connectivity index (χ4n) is 3.89. The molecule has 0 bridgehead atoms. The van der Waals surface area contributed by atoms with Gasteiger partial charge in [0.25, 0.3) is 0 Å². The van der Waals surface area contributed by atoms with Crippen molar-refractivity contribution in [2.45, 2.75) is 51.9 Å². The van der Waals surface area contributed by atoms with E-state index in [0.717, 1.165) is 44.2 Å². The number of nitrogens with one attached hydrogen (secondary N) is 1. The molecular weight excluding hydrogens is 401 g/mol. The Morgan fingerprint density at radius 2 is 2.17 bits per heavy atom. The minimum Gasteiger partial charge on any atom is -0.469 e. The van der Waals surface area contributed by atoms with Gasteiger partial charge in [-0.15, -0.1) is 24.0 Å². The molecule has 1 aliphatic heterocycles. The minimum atomic E-state index is 0. The Bertz CT molecular complexity index is 480. The third-order valence-corrected chi connectivity index (χ3v) is 5.12. The summed E-state index contributed by atoms with van der Waals surface area (Å²) in [6.45, 7) is 6.35. The van der Waals surface area contributed by atoms with Crippen molar-refractivity contribution in [2.24, 2.45) is 10.4 Å². The SMILES string of the molecule is CCCN=C(NCCc1ccco1)N1CCC2(CCCC2)C1.I. The van der Waals surface area contributed by atoms with Gasteiger partial charge in [0.2, 0.25) is 0 Å². The predicted octanol–water partition coefficient (Wildman–Crippen LogP) is 4.06. The normalized spacial score (nSPS) is 20.0. The highest BCUT2D eigenvalue weighted by Gasteiger charge is 2.41. The van der Waals surface area contributed by atoms with Crippen molar-refractivity contribution in [1.82, 2.24) is 10.2 Å². The highest BCUT2D eigenvalue weighted by molar-refractivity contribution is 14.0. The first-order valence-electron chi connectivity index (χ1n) is 8.87. The molecule has 1 aromatic rings. The lowest BCUT2D eigenvalue weighted by Gasteiger charge is -2.26. The van der Waals surface area contributed by atoms with Crippen LogP contribution in [0.2, 0.25) is 0 Å². The molecule has 1 saturated heterocycles. The van der Waals surface area contributed by atoms with Crippen LogP contribution in [0.1, 0.15) is 51.2 Å². The molecule has 0 radical (unpaired) electrons. The lowest BCUT2D eigenvalue weighted by molar-refractivity contribution is 0.309. The molecule has 4 nitrogen and oxygen atoms in total. The number of rotatable bonds is 5. The van der Waals surface area contributed by atoms with E-state index in [1.54, 1.807) is 6.26 Å². The van der Waals surface area contributed by atoms with Gasteiger partial charge in [0.15, 0.2) is 5.96 Å². The second kappa shape index (κ2) is 8.94. The smallest absolute Gasteiger partial charge is 0.193 e. The van der Waals surface area contributed by atoms with Crippen molar-refractivity contribution >= 4 is 29.9 Å². The van der Waals surface area contributed by atoms with Gasteiger partial charge in [-0.05, 0) is 43.2 Å². The zero-order chi connectivity index (χ0) is 15.3. The molecule has 1 spiro atoms. The number of guanidine groups is 1. The second-order valence-electron chi connectivity index (χ2n) is 6.84. The molecule has 0 unspecified atom stereocenters. The van der Waals surface area contributed by atoms with Gasteiger partial charge in [-0.1, -0.05) is 19.8 Å². The highest BCUT2D eigenvalue weighted by atomic mass is 127. The summed E-state index contributed by atoms with van der Waals surface area (Å²) in [6.07, 6.45) is 10.8. The first kappa shape index (κ1) is 18.6. The van der Waals surface area contributed by atoms with Crippen molar-refractivity contribution in [3.05, 3.63) is 24.2 Å². The monoisotopic (exact) mass is 431 g/mol. The number of halogens is 1. The van der Waals surface area contributed by atoms with E-state index in [0.29, 0.717) is 5.41 Å². The molecular formula is C18H30IN3O. The second-order valence-corrected chi connectivity index (χ2v) is 6.84. The van der Waals surface area contributed by atoms with Crippen LogP contribution in [0, 0.1) is 5.41 Å². The standard InChI is InChI=1S/C18H29N3O.HI/c1-2-11-19-17(20-12-7-16-6-5-14-22-16)21-13-10-18(15-21)8-3-4-9-18;/h5-6,14H,2-4,7-13,15H2,1H3,(H,19,20);1H. The molecule has 0 atom stereocenters. The Labute approximate surface area is 157 Å². The van der Waals surface area contributed by atoms with Crippen LogP contribution in [0.5, 0.6) is 0 Å². The molecule has 0 aromatic carbocycles. The molecule has 1 aliphatic carbocycles. The van der Waals surface area contributed by atoms with Crippen LogP contribution in [0.25, 0.3) is 0 Å². The van der Waals surface area contributed by atoms with E-state index in [4.69, 9.17) is 9.41 Å². The number of hydrogen-bond donors (Lipinski definition) is 1. The number of likely N-dealkylation sites (tertiary alicyclic amines) is 1. The summed E-state index contributed by atoms with van der Waals surface area (Å²) in [5.74, 6) is 2.15. The quantitative estimate of drug-likeness (QED) is 0.434. The number of hydrogen-bond acceptors (Lipinski definition) is 2. The lowest BCUT2D eigenvalue weighted by Crippen LogP contribution is -2.42. The van der Waals surface area contributed by atoms with Crippen LogP contribution < -0.4 is 5.32 Å². The molecule has 2 aliphatic rings. The minimum absolute atomic E-state index is 0. The Morgan fingerprint density at radius 1 is 1.35 bits per heavy atom. The van der Waals surface area contributed by atoms with E-state index in [1.165, 1.54) is 38.6 Å². The summed E-state index contributed by atoms with van der Waals surface area (Å²) in [5.41, 5.74) is 0.593. The van der Waals surface area contributed by atoms with Gasteiger partial charge in [-0.25, -0.2) is 0 Å². The molecule has 3 rings (SSSR count). The first-order chi connectivity index (χ1) is 10.8. The lowest BCUT2D eigenvalue weighted by atomic mass is 9.86. The Balaban J connectivity index is 0.00000192. The van der Waals surface area contributed by atoms with Crippen LogP contribution in [0.3, 0.4) is 0 Å². The van der Waals surface area contributed by atoms with Crippen LogP contribution in [-0.4, -0.2) is 37.0 Å². The fraction of sp³-hybridized carbons (Fsp3) is 0.722. The van der Waals surface area contributed by atoms with E-state index in [1.807, 2.05) is 12.1 Å². The summed E-state index contributed by atoms with van der Waals surface area (Å²) in [7, 11) is 0. The summed E-state index contributed by atoms with van der Waals surface area (Å²) in [5, 5.41) is 3.56. The summed E-state index contributed by atoms with van der Waals surface area (Å²) < 4.78 is 5.40. The third-order valence-electron chi connectivity index (χ3n) is 5.12. The van der Waals surface area contributed by atoms with E-state index >= 15 is 0 Å². The van der Waals surface area contributed by atoms with E-state index in [-0.39, 0.29) is 24.0 Å². The predicted molar refractivity (Wildman–Crippen MR) is 106 cm³/mol. The summed E-state index contributed by atoms with van der Waals surface area (Å²) >= 11 is 0. The van der Waals surface area contributed by atoms with Crippen molar-refractivity contribution < 1.29 is 4.42 Å². The van der Waals surface area contributed by atoms with Crippen LogP contribution in [0.4, 0.5) is 0 Å². The molecule has 1 N–H and O–H groups in total. The number of aliphatic imine (C=N–C) groups is 1. The van der Waals surface area contributed by atoms with Gasteiger partial charge in [0, 0.05) is 32.6 Å². The molecule has 0 amide bonds. The maximum absolute atomic E-state index is 5.40. The van der Waals surface area contributed by atoms with Gasteiger partial charge < -0.3 is 14.6 Å². The van der Waals surface area contributed by atoms with E-state index < -0.39 is 0 Å². The van der Waals surface area contributed by atoms with Gasteiger partial charge in [-0.2, -0.15) is 0 Å². The average molecular weight is 431 g/mol. The highest BCUT2D eigenvalue weighted by Crippen LogP contribution is 2.45. The van der Waals surface area contributed by atoms with Crippen LogP contribution >= 0.6 is 24.0 Å². The van der Waals surface area contributed by atoms with E-state index in [2.05, 4.69) is 17.1 Å². The third kappa shape index (κ3) is 4.88. The maximum Gasteiger partial charge on any atom is 0.193 e. The van der Waals surface area contributed by atoms with Crippen molar-refractivity contribution in [3.8, 4) is 0 Å². The van der Waals surface area contributed by atoms with Crippen molar-refractivity contribution in [3.63, 3.8) is 0 Å². The molecule has 1 saturated carbocycles. The average Bonchev–Trinajstić information content (AvgIpc) is 3.26. The Hall–Kier alpha value is -0.720. The molecule has 130 valence electrons. The van der Waals surface area contributed by atoms with Gasteiger partial charge in [0.1, 0.15) is 5.76 Å².